The van der Waals surface area contributed by atoms with Gasteiger partial charge in [0.15, 0.2) is 0 Å². The molecule has 1 aliphatic heterocycles. The van der Waals surface area contributed by atoms with Crippen LogP contribution in [0.15, 0.2) is 24.4 Å². The normalized spacial score (nSPS) is 19.6. The van der Waals surface area contributed by atoms with Crippen LogP contribution in [0, 0.1) is 11.6 Å². The number of rotatable bonds is 2. The van der Waals surface area contributed by atoms with Crippen molar-refractivity contribution in [2.45, 2.75) is 38.2 Å². The van der Waals surface area contributed by atoms with Crippen LogP contribution in [-0.4, -0.2) is 43.8 Å². The van der Waals surface area contributed by atoms with Crippen LogP contribution in [0.2, 0.25) is 0 Å². The number of imidazole rings is 1. The third-order valence-electron chi connectivity index (χ3n) is 4.58. The fraction of sp³-hybridized carbons (Fsp3) is 0.412. The van der Waals surface area contributed by atoms with Gasteiger partial charge in [-0.25, -0.2) is 13.8 Å². The summed E-state index contributed by atoms with van der Waals surface area (Å²) in [6.07, 6.45) is -3.80. The molecule has 0 aliphatic carbocycles. The zero-order valence-electron chi connectivity index (χ0n) is 14.4. The van der Waals surface area contributed by atoms with Crippen LogP contribution >= 0.6 is 0 Å². The molecule has 146 valence electrons. The van der Waals surface area contributed by atoms with Crippen molar-refractivity contribution in [2.75, 3.05) is 6.54 Å². The summed E-state index contributed by atoms with van der Waals surface area (Å²) in [6.45, 7) is 1.67. The zero-order chi connectivity index (χ0) is 20.1. The Morgan fingerprint density at radius 3 is 2.56 bits per heavy atom. The number of carbonyl (C=O) groups is 1. The number of hydrogen-bond acceptors (Lipinski definition) is 3. The fourth-order valence-electron chi connectivity index (χ4n) is 3.12. The van der Waals surface area contributed by atoms with E-state index < -0.39 is 35.4 Å². The SMILES string of the molecule is C[C@@H]1CN(C(=O)[C@@](C)(O)C(F)(F)F)Cc2cnc(-c3ccc(F)cc3F)n21. The Labute approximate surface area is 151 Å². The van der Waals surface area contributed by atoms with E-state index in [-0.39, 0.29) is 24.5 Å². The van der Waals surface area contributed by atoms with Crippen molar-refractivity contribution < 1.29 is 31.9 Å². The summed E-state index contributed by atoms with van der Waals surface area (Å²) < 4.78 is 67.6. The maximum Gasteiger partial charge on any atom is 0.426 e. The number of halogens is 5. The molecule has 5 nitrogen and oxygen atoms in total. The maximum absolute atomic E-state index is 14.1. The standard InChI is InChI=1S/C17H16F5N3O2/c1-9-7-24(15(26)16(2,27)17(20,21)22)8-11-6-23-14(25(9)11)12-4-3-10(18)5-13(12)19/h3-6,9,27H,7-8H2,1-2H3/t9-,16-/m1/s1. The Bertz CT molecular complexity index is 891. The topological polar surface area (TPSA) is 58.4 Å². The molecule has 2 atom stereocenters. The molecule has 27 heavy (non-hydrogen) atoms. The van der Waals surface area contributed by atoms with Crippen molar-refractivity contribution in [2.24, 2.45) is 0 Å². The summed E-state index contributed by atoms with van der Waals surface area (Å²) >= 11 is 0. The number of carbonyl (C=O) groups excluding carboxylic acids is 1. The lowest BCUT2D eigenvalue weighted by atomic mass is 10.0. The van der Waals surface area contributed by atoms with Gasteiger partial charge in [0.2, 0.25) is 5.60 Å². The minimum atomic E-state index is -5.12. The van der Waals surface area contributed by atoms with Crippen LogP contribution in [0.1, 0.15) is 25.6 Å². The first kappa shape index (κ1) is 19.3. The fourth-order valence-corrected chi connectivity index (χ4v) is 3.12. The first-order valence-electron chi connectivity index (χ1n) is 8.03. The Morgan fingerprint density at radius 2 is 1.96 bits per heavy atom. The largest absolute Gasteiger partial charge is 0.426 e. The number of aromatic nitrogens is 2. The molecule has 1 N–H and O–H groups in total. The second-order valence-electron chi connectivity index (χ2n) is 6.67. The van der Waals surface area contributed by atoms with Crippen molar-refractivity contribution in [3.8, 4) is 11.4 Å². The van der Waals surface area contributed by atoms with Crippen LogP contribution in [0.4, 0.5) is 22.0 Å². The smallest absolute Gasteiger partial charge is 0.373 e. The van der Waals surface area contributed by atoms with Gasteiger partial charge in [-0.15, -0.1) is 0 Å². The Kier molecular flexibility index (Phi) is 4.49. The molecule has 2 heterocycles. The highest BCUT2D eigenvalue weighted by molar-refractivity contribution is 5.85. The monoisotopic (exact) mass is 389 g/mol. The third-order valence-corrected chi connectivity index (χ3v) is 4.58. The van der Waals surface area contributed by atoms with E-state index in [0.29, 0.717) is 18.7 Å². The maximum atomic E-state index is 14.1. The highest BCUT2D eigenvalue weighted by Gasteiger charge is 2.57. The summed E-state index contributed by atoms with van der Waals surface area (Å²) in [5.74, 6) is -2.86. The molecule has 0 unspecified atom stereocenters. The predicted molar refractivity (Wildman–Crippen MR) is 84.4 cm³/mol. The van der Waals surface area contributed by atoms with Gasteiger partial charge in [0.1, 0.15) is 17.5 Å². The number of alkyl halides is 3. The average Bonchev–Trinajstić information content (AvgIpc) is 2.97. The van der Waals surface area contributed by atoms with Crippen LogP contribution in [0.5, 0.6) is 0 Å². The number of aliphatic hydroxyl groups is 1. The summed E-state index contributed by atoms with van der Waals surface area (Å²) in [6, 6.07) is 2.47. The van der Waals surface area contributed by atoms with E-state index in [2.05, 4.69) is 4.98 Å². The summed E-state index contributed by atoms with van der Waals surface area (Å²) in [5.41, 5.74) is -3.10. The van der Waals surface area contributed by atoms with E-state index in [0.717, 1.165) is 11.0 Å². The molecule has 1 aliphatic rings. The summed E-state index contributed by atoms with van der Waals surface area (Å²) in [5, 5.41) is 9.63. The molecular formula is C17H16F5N3O2. The minimum Gasteiger partial charge on any atom is -0.373 e. The predicted octanol–water partition coefficient (Wildman–Crippen LogP) is 3.04. The van der Waals surface area contributed by atoms with Gasteiger partial charge in [0, 0.05) is 12.6 Å². The minimum absolute atomic E-state index is 0.0385. The van der Waals surface area contributed by atoms with E-state index in [1.54, 1.807) is 11.5 Å². The van der Waals surface area contributed by atoms with Gasteiger partial charge in [-0.2, -0.15) is 13.2 Å². The molecule has 1 amide bonds. The Hall–Kier alpha value is -2.49. The molecule has 1 aromatic carbocycles. The molecule has 10 heteroatoms. The highest BCUT2D eigenvalue weighted by Crippen LogP contribution is 2.35. The van der Waals surface area contributed by atoms with Gasteiger partial charge in [-0.1, -0.05) is 0 Å². The Morgan fingerprint density at radius 1 is 1.30 bits per heavy atom. The molecule has 2 aromatic rings. The van der Waals surface area contributed by atoms with Gasteiger partial charge < -0.3 is 14.6 Å². The average molecular weight is 389 g/mol. The third kappa shape index (κ3) is 3.18. The van der Waals surface area contributed by atoms with Crippen molar-refractivity contribution in [1.29, 1.82) is 0 Å². The zero-order valence-corrected chi connectivity index (χ0v) is 14.4. The molecule has 1 aromatic heterocycles. The second-order valence-corrected chi connectivity index (χ2v) is 6.67. The van der Waals surface area contributed by atoms with Gasteiger partial charge in [0.05, 0.1) is 30.0 Å². The van der Waals surface area contributed by atoms with Gasteiger partial charge in [-0.05, 0) is 26.0 Å². The van der Waals surface area contributed by atoms with Crippen LogP contribution in [0.25, 0.3) is 11.4 Å². The van der Waals surface area contributed by atoms with E-state index in [1.807, 2.05) is 0 Å². The number of amides is 1. The van der Waals surface area contributed by atoms with Crippen molar-refractivity contribution >= 4 is 5.91 Å². The number of hydrogen-bond donors (Lipinski definition) is 1. The number of benzene rings is 1. The van der Waals surface area contributed by atoms with Crippen molar-refractivity contribution in [3.63, 3.8) is 0 Å². The lowest BCUT2D eigenvalue weighted by Gasteiger charge is -2.37. The highest BCUT2D eigenvalue weighted by atomic mass is 19.4. The van der Waals surface area contributed by atoms with E-state index in [9.17, 15) is 31.9 Å². The van der Waals surface area contributed by atoms with E-state index >= 15 is 0 Å². The number of nitrogens with zero attached hydrogens (tertiary/aromatic N) is 3. The van der Waals surface area contributed by atoms with Crippen molar-refractivity contribution in [3.05, 3.63) is 41.7 Å². The lowest BCUT2D eigenvalue weighted by molar-refractivity contribution is -0.251. The molecule has 3 rings (SSSR count). The van der Waals surface area contributed by atoms with Gasteiger partial charge in [-0.3, -0.25) is 4.79 Å². The van der Waals surface area contributed by atoms with Gasteiger partial charge >= 0.3 is 6.18 Å². The Balaban J connectivity index is 1.95. The molecular weight excluding hydrogens is 373 g/mol. The van der Waals surface area contributed by atoms with Crippen LogP contribution in [0.3, 0.4) is 0 Å². The van der Waals surface area contributed by atoms with E-state index in [4.69, 9.17) is 0 Å². The quantitative estimate of drug-likeness (QED) is 0.804. The molecule has 0 spiro atoms. The molecule has 0 radical (unpaired) electrons. The molecule has 0 bridgehead atoms. The molecule has 0 fully saturated rings. The molecule has 0 saturated carbocycles. The first-order chi connectivity index (χ1) is 12.4. The second kappa shape index (κ2) is 6.29. The van der Waals surface area contributed by atoms with Gasteiger partial charge in [0.25, 0.3) is 5.91 Å². The summed E-state index contributed by atoms with van der Waals surface area (Å²) in [7, 11) is 0. The first-order valence-corrected chi connectivity index (χ1v) is 8.03. The summed E-state index contributed by atoms with van der Waals surface area (Å²) in [4.78, 5) is 17.2. The lowest BCUT2D eigenvalue weighted by Crippen LogP contribution is -2.57. The molecule has 0 saturated heterocycles. The van der Waals surface area contributed by atoms with Crippen LogP contribution < -0.4 is 0 Å². The number of fused-ring (bicyclic) bond motifs is 1. The van der Waals surface area contributed by atoms with Crippen molar-refractivity contribution in [1.82, 2.24) is 14.5 Å². The van der Waals surface area contributed by atoms with E-state index in [1.165, 1.54) is 12.3 Å². The van der Waals surface area contributed by atoms with Crippen LogP contribution in [-0.2, 0) is 11.3 Å².